The first-order valence-electron chi connectivity index (χ1n) is 6.92. The van der Waals surface area contributed by atoms with E-state index in [9.17, 15) is 9.59 Å². The Morgan fingerprint density at radius 2 is 2.14 bits per heavy atom. The van der Waals surface area contributed by atoms with Crippen molar-refractivity contribution in [3.05, 3.63) is 23.4 Å². The topological polar surface area (TPSA) is 65.1 Å². The summed E-state index contributed by atoms with van der Waals surface area (Å²) in [5.74, 6) is -0.426. The summed E-state index contributed by atoms with van der Waals surface area (Å²) < 4.78 is 15.6. The van der Waals surface area contributed by atoms with Gasteiger partial charge in [-0.25, -0.2) is 9.59 Å². The highest BCUT2D eigenvalue weighted by atomic mass is 16.6. The monoisotopic (exact) mass is 295 g/mol. The number of esters is 1. The molecule has 6 heteroatoms. The van der Waals surface area contributed by atoms with Gasteiger partial charge >= 0.3 is 12.1 Å². The van der Waals surface area contributed by atoms with Crippen LogP contribution < -0.4 is 0 Å². The highest BCUT2D eigenvalue weighted by Gasteiger charge is 2.33. The third kappa shape index (κ3) is 3.85. The van der Waals surface area contributed by atoms with Crippen molar-refractivity contribution in [1.82, 2.24) is 4.90 Å². The van der Waals surface area contributed by atoms with E-state index >= 15 is 0 Å². The summed E-state index contributed by atoms with van der Waals surface area (Å²) in [5, 5.41) is 0. The van der Waals surface area contributed by atoms with Crippen LogP contribution in [0.25, 0.3) is 0 Å². The molecule has 0 saturated carbocycles. The summed E-state index contributed by atoms with van der Waals surface area (Å²) in [5.41, 5.74) is 1.06. The minimum absolute atomic E-state index is 0.0698. The van der Waals surface area contributed by atoms with Gasteiger partial charge in [0.1, 0.15) is 5.60 Å². The third-order valence-electron chi connectivity index (χ3n) is 3.21. The van der Waals surface area contributed by atoms with Crippen LogP contribution in [0.5, 0.6) is 0 Å². The third-order valence-corrected chi connectivity index (χ3v) is 3.21. The lowest BCUT2D eigenvalue weighted by atomic mass is 9.99. The molecule has 116 valence electrons. The molecule has 2 aliphatic heterocycles. The fourth-order valence-corrected chi connectivity index (χ4v) is 2.25. The van der Waals surface area contributed by atoms with E-state index < -0.39 is 17.7 Å². The molecule has 1 unspecified atom stereocenters. The number of methoxy groups -OCH3 is 1. The van der Waals surface area contributed by atoms with Gasteiger partial charge in [-0.3, -0.25) is 4.90 Å². The van der Waals surface area contributed by atoms with E-state index in [-0.39, 0.29) is 6.10 Å². The Hall–Kier alpha value is -1.82. The molecular weight excluding hydrogens is 274 g/mol. The van der Waals surface area contributed by atoms with Crippen LogP contribution in [0.2, 0.25) is 0 Å². The summed E-state index contributed by atoms with van der Waals surface area (Å²) in [6, 6.07) is 0. The molecule has 0 bridgehead atoms. The lowest BCUT2D eigenvalue weighted by molar-refractivity contribution is -0.134. The van der Waals surface area contributed by atoms with E-state index in [0.29, 0.717) is 19.6 Å². The first-order valence-corrected chi connectivity index (χ1v) is 6.92. The Morgan fingerprint density at radius 3 is 2.76 bits per heavy atom. The Labute approximate surface area is 124 Å². The minimum Gasteiger partial charge on any atom is -0.466 e. The number of hydrogen-bond donors (Lipinski definition) is 0. The number of rotatable bonds is 1. The fourth-order valence-electron chi connectivity index (χ4n) is 2.25. The maximum absolute atomic E-state index is 12.1. The minimum atomic E-state index is -0.538. The molecule has 0 aromatic heterocycles. The number of carbonyl (C=O) groups is 2. The maximum atomic E-state index is 12.1. The van der Waals surface area contributed by atoms with Gasteiger partial charge in [-0.05, 0) is 32.8 Å². The van der Waals surface area contributed by atoms with E-state index in [4.69, 9.17) is 9.47 Å². The molecule has 2 heterocycles. The van der Waals surface area contributed by atoms with Crippen LogP contribution in [-0.4, -0.2) is 48.9 Å². The number of hydrogen-bond acceptors (Lipinski definition) is 5. The Bertz CT molecular complexity index is 501. The molecule has 1 saturated heterocycles. The highest BCUT2D eigenvalue weighted by molar-refractivity contribution is 5.84. The summed E-state index contributed by atoms with van der Waals surface area (Å²) in [6.45, 7) is 6.37. The highest BCUT2D eigenvalue weighted by Crippen LogP contribution is 2.32. The van der Waals surface area contributed by atoms with E-state index in [1.165, 1.54) is 18.1 Å². The van der Waals surface area contributed by atoms with Gasteiger partial charge in [-0.1, -0.05) is 0 Å². The summed E-state index contributed by atoms with van der Waals surface area (Å²) in [7, 11) is 1.33. The van der Waals surface area contributed by atoms with Crippen LogP contribution in [0.15, 0.2) is 23.4 Å². The van der Waals surface area contributed by atoms with E-state index in [1.807, 2.05) is 20.8 Å². The van der Waals surface area contributed by atoms with Crippen LogP contribution in [0.3, 0.4) is 0 Å². The van der Waals surface area contributed by atoms with Crippen LogP contribution in [0.1, 0.15) is 27.2 Å². The predicted molar refractivity (Wildman–Crippen MR) is 75.5 cm³/mol. The Balaban J connectivity index is 2.17. The van der Waals surface area contributed by atoms with Crippen LogP contribution in [0.4, 0.5) is 4.79 Å². The second-order valence-electron chi connectivity index (χ2n) is 6.04. The number of amides is 1. The zero-order chi connectivity index (χ0) is 15.6. The van der Waals surface area contributed by atoms with Gasteiger partial charge in [-0.2, -0.15) is 0 Å². The number of ether oxygens (including phenoxy) is 3. The molecule has 0 radical (unpaired) electrons. The molecule has 0 aromatic carbocycles. The zero-order valence-electron chi connectivity index (χ0n) is 12.8. The van der Waals surface area contributed by atoms with Crippen LogP contribution in [0, 0.1) is 0 Å². The second kappa shape index (κ2) is 5.89. The van der Waals surface area contributed by atoms with E-state index in [1.54, 1.807) is 6.20 Å². The van der Waals surface area contributed by atoms with Gasteiger partial charge in [0.25, 0.3) is 0 Å². The van der Waals surface area contributed by atoms with Gasteiger partial charge in [0.2, 0.25) is 0 Å². The Kier molecular flexibility index (Phi) is 4.37. The van der Waals surface area contributed by atoms with Crippen molar-refractivity contribution >= 4 is 12.1 Å². The molecule has 21 heavy (non-hydrogen) atoms. The molecule has 6 nitrogen and oxygen atoms in total. The van der Waals surface area contributed by atoms with Gasteiger partial charge in [-0.15, -0.1) is 0 Å². The average Bonchev–Trinajstić information content (AvgIpc) is 2.79. The SMILES string of the molecule is COC(=O)/C=C1\COC2CCN(C(=O)OC(C)(C)C)C=C12. The maximum Gasteiger partial charge on any atom is 0.414 e. The number of carbonyl (C=O) groups excluding carboxylic acids is 2. The first-order chi connectivity index (χ1) is 9.80. The molecule has 1 fully saturated rings. The number of fused-ring (bicyclic) bond motifs is 1. The zero-order valence-corrected chi connectivity index (χ0v) is 12.8. The lowest BCUT2D eigenvalue weighted by Gasteiger charge is -2.29. The summed E-state index contributed by atoms with van der Waals surface area (Å²) in [4.78, 5) is 25.0. The van der Waals surface area contributed by atoms with Crippen LogP contribution in [-0.2, 0) is 19.0 Å². The van der Waals surface area contributed by atoms with Crippen molar-refractivity contribution in [2.75, 3.05) is 20.3 Å². The van der Waals surface area contributed by atoms with Crippen molar-refractivity contribution in [2.45, 2.75) is 38.9 Å². The smallest absolute Gasteiger partial charge is 0.414 e. The molecule has 0 aliphatic carbocycles. The van der Waals surface area contributed by atoms with Gasteiger partial charge in [0.15, 0.2) is 0 Å². The van der Waals surface area contributed by atoms with Crippen molar-refractivity contribution in [1.29, 1.82) is 0 Å². The van der Waals surface area contributed by atoms with Crippen molar-refractivity contribution in [2.24, 2.45) is 0 Å². The van der Waals surface area contributed by atoms with Crippen molar-refractivity contribution in [3.8, 4) is 0 Å². The fraction of sp³-hybridized carbons (Fsp3) is 0.600. The second-order valence-corrected chi connectivity index (χ2v) is 6.04. The standard InChI is InChI=1S/C15H21NO5/c1-15(2,3)21-14(18)16-6-5-12-11(8-16)10(9-20-12)7-13(17)19-4/h7-8,12H,5-6,9H2,1-4H3/b10-7+. The lowest BCUT2D eigenvalue weighted by Crippen LogP contribution is -2.38. The predicted octanol–water partition coefficient (Wildman–Crippen LogP) is 2.01. The van der Waals surface area contributed by atoms with Crippen LogP contribution >= 0.6 is 0 Å². The summed E-state index contributed by atoms with van der Waals surface area (Å²) in [6.07, 6.45) is 3.34. The van der Waals surface area contributed by atoms with Crippen molar-refractivity contribution in [3.63, 3.8) is 0 Å². The number of nitrogens with zero attached hydrogens (tertiary/aromatic N) is 1. The molecule has 0 spiro atoms. The molecule has 2 rings (SSSR count). The molecule has 2 aliphatic rings. The molecule has 1 amide bonds. The molecule has 1 atom stereocenters. The summed E-state index contributed by atoms with van der Waals surface area (Å²) >= 11 is 0. The van der Waals surface area contributed by atoms with Gasteiger partial charge in [0.05, 0.1) is 19.8 Å². The largest absolute Gasteiger partial charge is 0.466 e. The van der Waals surface area contributed by atoms with E-state index in [2.05, 4.69) is 4.74 Å². The van der Waals surface area contributed by atoms with Gasteiger partial charge in [0, 0.05) is 24.4 Å². The van der Waals surface area contributed by atoms with E-state index in [0.717, 1.165) is 11.1 Å². The first kappa shape index (κ1) is 15.6. The Morgan fingerprint density at radius 1 is 1.43 bits per heavy atom. The molecular formula is C15H21NO5. The average molecular weight is 295 g/mol. The quantitative estimate of drug-likeness (QED) is 0.547. The molecule has 0 aromatic rings. The van der Waals surface area contributed by atoms with Gasteiger partial charge < -0.3 is 14.2 Å². The normalized spacial score (nSPS) is 23.6. The molecule has 0 N–H and O–H groups in total. The van der Waals surface area contributed by atoms with Crippen molar-refractivity contribution < 1.29 is 23.8 Å².